The van der Waals surface area contributed by atoms with Crippen molar-refractivity contribution in [1.82, 2.24) is 24.8 Å². The number of pyridine rings is 2. The normalized spacial score (nSPS) is 10.6. The molecule has 6 heteroatoms. The van der Waals surface area contributed by atoms with Gasteiger partial charge < -0.3 is 4.90 Å². The molecule has 0 unspecified atom stereocenters. The van der Waals surface area contributed by atoms with Crippen molar-refractivity contribution >= 4 is 5.91 Å². The molecule has 3 heterocycles. The Morgan fingerprint density at radius 2 is 1.57 bits per heavy atom. The highest BCUT2D eigenvalue weighted by Crippen LogP contribution is 2.22. The molecule has 0 saturated heterocycles. The summed E-state index contributed by atoms with van der Waals surface area (Å²) >= 11 is 0. The van der Waals surface area contributed by atoms with Crippen LogP contribution in [0.5, 0.6) is 0 Å². The van der Waals surface area contributed by atoms with Crippen LogP contribution in [0.25, 0.3) is 11.3 Å². The van der Waals surface area contributed by atoms with Crippen molar-refractivity contribution in [2.24, 2.45) is 0 Å². The van der Waals surface area contributed by atoms with Crippen molar-refractivity contribution < 1.29 is 4.79 Å². The van der Waals surface area contributed by atoms with Gasteiger partial charge in [-0.2, -0.15) is 0 Å². The standard InChI is InChI=1S/C24H21N5O/c1-18-27-15-20(21-11-5-7-13-25-21)23(28-18)17-29(16-19-9-3-2-4-10-19)24(30)22-12-6-8-14-26-22/h2-15H,16-17H2,1H3. The van der Waals surface area contributed by atoms with E-state index in [0.29, 0.717) is 24.6 Å². The molecule has 0 N–H and O–H groups in total. The van der Waals surface area contributed by atoms with Crippen molar-refractivity contribution in [2.75, 3.05) is 0 Å². The van der Waals surface area contributed by atoms with Crippen LogP contribution in [0.1, 0.15) is 27.6 Å². The summed E-state index contributed by atoms with van der Waals surface area (Å²) < 4.78 is 0. The molecule has 4 aromatic rings. The van der Waals surface area contributed by atoms with Gasteiger partial charge in [0.25, 0.3) is 5.91 Å². The number of aryl methyl sites for hydroxylation is 1. The maximum Gasteiger partial charge on any atom is 0.273 e. The number of hydrogen-bond donors (Lipinski definition) is 0. The lowest BCUT2D eigenvalue weighted by Gasteiger charge is -2.23. The van der Waals surface area contributed by atoms with E-state index in [0.717, 1.165) is 22.5 Å². The lowest BCUT2D eigenvalue weighted by atomic mass is 10.1. The Bertz CT molecular complexity index is 1120. The Morgan fingerprint density at radius 3 is 2.27 bits per heavy atom. The van der Waals surface area contributed by atoms with Gasteiger partial charge in [0.15, 0.2) is 0 Å². The van der Waals surface area contributed by atoms with Gasteiger partial charge in [-0.25, -0.2) is 9.97 Å². The molecule has 30 heavy (non-hydrogen) atoms. The SMILES string of the molecule is Cc1ncc(-c2ccccn2)c(CN(Cc2ccccc2)C(=O)c2ccccn2)n1. The molecule has 3 aromatic heterocycles. The molecule has 0 aliphatic rings. The first kappa shape index (κ1) is 19.4. The van der Waals surface area contributed by atoms with E-state index in [9.17, 15) is 4.79 Å². The summed E-state index contributed by atoms with van der Waals surface area (Å²) in [6.45, 7) is 2.61. The number of carbonyl (C=O) groups is 1. The van der Waals surface area contributed by atoms with Gasteiger partial charge in [-0.05, 0) is 36.8 Å². The van der Waals surface area contributed by atoms with E-state index in [1.165, 1.54) is 0 Å². The first-order chi connectivity index (χ1) is 14.7. The van der Waals surface area contributed by atoms with Gasteiger partial charge >= 0.3 is 0 Å². The molecular formula is C24H21N5O. The molecule has 148 valence electrons. The molecule has 0 aliphatic heterocycles. The highest BCUT2D eigenvalue weighted by atomic mass is 16.2. The first-order valence-electron chi connectivity index (χ1n) is 9.69. The smallest absolute Gasteiger partial charge is 0.273 e. The van der Waals surface area contributed by atoms with Gasteiger partial charge in [0, 0.05) is 30.7 Å². The Kier molecular flexibility index (Phi) is 5.85. The molecule has 0 spiro atoms. The van der Waals surface area contributed by atoms with Gasteiger partial charge in [-0.15, -0.1) is 0 Å². The number of carbonyl (C=O) groups excluding carboxylic acids is 1. The van der Waals surface area contributed by atoms with Crippen LogP contribution < -0.4 is 0 Å². The topological polar surface area (TPSA) is 71.9 Å². The lowest BCUT2D eigenvalue weighted by molar-refractivity contribution is 0.0722. The average molecular weight is 395 g/mol. The molecule has 0 atom stereocenters. The van der Waals surface area contributed by atoms with Crippen LogP contribution >= 0.6 is 0 Å². The summed E-state index contributed by atoms with van der Waals surface area (Å²) in [5, 5.41) is 0. The molecule has 0 bridgehead atoms. The van der Waals surface area contributed by atoms with Crippen LogP contribution in [-0.2, 0) is 13.1 Å². The second kappa shape index (κ2) is 9.05. The third kappa shape index (κ3) is 4.55. The monoisotopic (exact) mass is 395 g/mol. The van der Waals surface area contributed by atoms with E-state index in [-0.39, 0.29) is 5.91 Å². The number of amides is 1. The zero-order chi connectivity index (χ0) is 20.8. The van der Waals surface area contributed by atoms with E-state index < -0.39 is 0 Å². The van der Waals surface area contributed by atoms with Gasteiger partial charge in [0.1, 0.15) is 11.5 Å². The maximum atomic E-state index is 13.3. The van der Waals surface area contributed by atoms with Crippen LogP contribution in [0.3, 0.4) is 0 Å². The van der Waals surface area contributed by atoms with E-state index in [2.05, 4.69) is 19.9 Å². The van der Waals surface area contributed by atoms with Crippen LogP contribution in [0, 0.1) is 6.92 Å². The summed E-state index contributed by atoms with van der Waals surface area (Å²) in [4.78, 5) is 32.7. The second-order valence-corrected chi connectivity index (χ2v) is 6.85. The average Bonchev–Trinajstić information content (AvgIpc) is 2.80. The molecule has 1 amide bonds. The molecule has 0 radical (unpaired) electrons. The largest absolute Gasteiger partial charge is 0.327 e. The summed E-state index contributed by atoms with van der Waals surface area (Å²) in [6.07, 6.45) is 5.13. The third-order valence-corrected chi connectivity index (χ3v) is 4.66. The van der Waals surface area contributed by atoms with Crippen LogP contribution in [0.4, 0.5) is 0 Å². The fraction of sp³-hybridized carbons (Fsp3) is 0.125. The Morgan fingerprint density at radius 1 is 0.833 bits per heavy atom. The Balaban J connectivity index is 1.72. The van der Waals surface area contributed by atoms with Crippen molar-refractivity contribution in [3.63, 3.8) is 0 Å². The lowest BCUT2D eigenvalue weighted by Crippen LogP contribution is -2.31. The summed E-state index contributed by atoms with van der Waals surface area (Å²) in [5.41, 5.74) is 3.78. The Hall–Kier alpha value is -3.93. The zero-order valence-electron chi connectivity index (χ0n) is 16.6. The van der Waals surface area contributed by atoms with Gasteiger partial charge in [0.2, 0.25) is 0 Å². The summed E-state index contributed by atoms with van der Waals surface area (Å²) in [7, 11) is 0. The molecule has 1 aromatic carbocycles. The molecule has 6 nitrogen and oxygen atoms in total. The molecule has 0 aliphatic carbocycles. The molecule has 0 saturated carbocycles. The van der Waals surface area contributed by atoms with Gasteiger partial charge in [0.05, 0.1) is 17.9 Å². The number of nitrogens with zero attached hydrogens (tertiary/aromatic N) is 5. The van der Waals surface area contributed by atoms with E-state index in [4.69, 9.17) is 0 Å². The zero-order valence-corrected chi connectivity index (χ0v) is 16.6. The van der Waals surface area contributed by atoms with Crippen molar-refractivity contribution in [1.29, 1.82) is 0 Å². The molecule has 0 fully saturated rings. The first-order valence-corrected chi connectivity index (χ1v) is 9.69. The van der Waals surface area contributed by atoms with Crippen molar-refractivity contribution in [3.05, 3.63) is 108 Å². The van der Waals surface area contributed by atoms with Crippen LogP contribution in [-0.4, -0.2) is 30.7 Å². The Labute approximate surface area is 175 Å². The van der Waals surface area contributed by atoms with Crippen molar-refractivity contribution in [3.8, 4) is 11.3 Å². The number of rotatable bonds is 6. The second-order valence-electron chi connectivity index (χ2n) is 6.85. The van der Waals surface area contributed by atoms with Gasteiger partial charge in [-0.1, -0.05) is 42.5 Å². The quantitative estimate of drug-likeness (QED) is 0.492. The summed E-state index contributed by atoms with van der Waals surface area (Å²) in [5.74, 6) is 0.498. The van der Waals surface area contributed by atoms with Crippen molar-refractivity contribution in [2.45, 2.75) is 20.0 Å². The van der Waals surface area contributed by atoms with E-state index in [1.807, 2.05) is 61.5 Å². The third-order valence-electron chi connectivity index (χ3n) is 4.66. The predicted molar refractivity (Wildman–Crippen MR) is 114 cm³/mol. The predicted octanol–water partition coefficient (Wildman–Crippen LogP) is 4.08. The van der Waals surface area contributed by atoms with Crippen LogP contribution in [0.2, 0.25) is 0 Å². The fourth-order valence-corrected chi connectivity index (χ4v) is 3.21. The maximum absolute atomic E-state index is 13.3. The molecular weight excluding hydrogens is 374 g/mol. The highest BCUT2D eigenvalue weighted by Gasteiger charge is 2.21. The van der Waals surface area contributed by atoms with E-state index >= 15 is 0 Å². The number of benzene rings is 1. The van der Waals surface area contributed by atoms with E-state index in [1.54, 1.807) is 35.6 Å². The number of hydrogen-bond acceptors (Lipinski definition) is 5. The number of aromatic nitrogens is 4. The van der Waals surface area contributed by atoms with Gasteiger partial charge in [-0.3, -0.25) is 14.8 Å². The minimum absolute atomic E-state index is 0.150. The summed E-state index contributed by atoms with van der Waals surface area (Å²) in [6, 6.07) is 20.9. The minimum atomic E-state index is -0.150. The van der Waals surface area contributed by atoms with Crippen LogP contribution in [0.15, 0.2) is 85.3 Å². The minimum Gasteiger partial charge on any atom is -0.327 e. The fourth-order valence-electron chi connectivity index (χ4n) is 3.21. The molecule has 4 rings (SSSR count). The highest BCUT2D eigenvalue weighted by molar-refractivity contribution is 5.92.